The van der Waals surface area contributed by atoms with Gasteiger partial charge in [-0.1, -0.05) is 11.6 Å². The van der Waals surface area contributed by atoms with Gasteiger partial charge in [-0.3, -0.25) is 4.79 Å². The van der Waals surface area contributed by atoms with Gasteiger partial charge >= 0.3 is 0 Å². The Morgan fingerprint density at radius 2 is 1.96 bits per heavy atom. The molecule has 4 nitrogen and oxygen atoms in total. The monoisotopic (exact) mass is 307 g/mol. The zero-order valence-corrected chi connectivity index (χ0v) is 13.1. The molecule has 0 aliphatic carbocycles. The van der Waals surface area contributed by atoms with Crippen molar-refractivity contribution in [3.8, 4) is 17.6 Å². The zero-order valence-electron chi connectivity index (χ0n) is 13.1. The van der Waals surface area contributed by atoms with Crippen molar-refractivity contribution in [1.29, 1.82) is 5.26 Å². The van der Waals surface area contributed by atoms with Crippen LogP contribution in [0, 0.1) is 18.3 Å². The second-order valence-electron chi connectivity index (χ2n) is 4.91. The summed E-state index contributed by atoms with van der Waals surface area (Å²) in [6.07, 6.45) is 3.26. The Morgan fingerprint density at radius 3 is 2.61 bits per heavy atom. The number of methoxy groups -OCH3 is 1. The minimum atomic E-state index is -0.111. The molecule has 0 unspecified atom stereocenters. The Kier molecular flexibility index (Phi) is 5.54. The normalized spacial score (nSPS) is 10.3. The number of hydrogen-bond acceptors (Lipinski definition) is 4. The van der Waals surface area contributed by atoms with Gasteiger partial charge in [-0.2, -0.15) is 5.26 Å². The first kappa shape index (κ1) is 16.3. The van der Waals surface area contributed by atoms with Crippen LogP contribution in [0.15, 0.2) is 48.5 Å². The van der Waals surface area contributed by atoms with Crippen LogP contribution >= 0.6 is 0 Å². The molecule has 0 amide bonds. The molecule has 0 aromatic heterocycles. The molecule has 0 saturated carbocycles. The van der Waals surface area contributed by atoms with E-state index in [9.17, 15) is 4.79 Å². The molecular formula is C19H17NO3. The zero-order chi connectivity index (χ0) is 16.7. The van der Waals surface area contributed by atoms with E-state index in [0.29, 0.717) is 11.3 Å². The smallest absolute Gasteiger partial charge is 0.185 e. The number of nitriles is 1. The molecule has 0 saturated heterocycles. The van der Waals surface area contributed by atoms with Crippen LogP contribution in [0.1, 0.15) is 21.5 Å². The van der Waals surface area contributed by atoms with Gasteiger partial charge in [0.2, 0.25) is 0 Å². The maximum atomic E-state index is 12.2. The summed E-state index contributed by atoms with van der Waals surface area (Å²) in [5.41, 5.74) is 2.50. The predicted molar refractivity (Wildman–Crippen MR) is 88.6 cm³/mol. The van der Waals surface area contributed by atoms with Gasteiger partial charge in [-0.25, -0.2) is 0 Å². The molecule has 2 rings (SSSR count). The number of nitrogens with zero attached hydrogens (tertiary/aromatic N) is 1. The molecule has 2 aromatic carbocycles. The van der Waals surface area contributed by atoms with E-state index in [1.165, 1.54) is 6.08 Å². The maximum Gasteiger partial charge on any atom is 0.185 e. The van der Waals surface area contributed by atoms with Crippen LogP contribution < -0.4 is 9.47 Å². The van der Waals surface area contributed by atoms with Gasteiger partial charge in [-0.15, -0.1) is 0 Å². The summed E-state index contributed by atoms with van der Waals surface area (Å²) in [6, 6.07) is 14.4. The van der Waals surface area contributed by atoms with E-state index in [1.807, 2.05) is 31.2 Å². The predicted octanol–water partition coefficient (Wildman–Crippen LogP) is 3.80. The first-order valence-corrected chi connectivity index (χ1v) is 7.11. The summed E-state index contributed by atoms with van der Waals surface area (Å²) in [7, 11) is 1.60. The van der Waals surface area contributed by atoms with Gasteiger partial charge in [0.25, 0.3) is 0 Å². The van der Waals surface area contributed by atoms with Crippen LogP contribution in [0.5, 0.6) is 11.5 Å². The fourth-order valence-corrected chi connectivity index (χ4v) is 2.08. The molecule has 0 aliphatic rings. The highest BCUT2D eigenvalue weighted by atomic mass is 16.5. The molecule has 116 valence electrons. The standard InChI is InChI=1S/C19H17NO3/c1-14-3-10-19(22-2)16(13-14)6-9-18(21)15-4-7-17(8-5-15)23-12-11-20/h3-10,13H,12H2,1-2H3/b9-6+. The Morgan fingerprint density at radius 1 is 1.22 bits per heavy atom. The number of allylic oxidation sites excluding steroid dienone is 1. The third-order valence-electron chi connectivity index (χ3n) is 3.24. The van der Waals surface area contributed by atoms with E-state index in [2.05, 4.69) is 0 Å². The van der Waals surface area contributed by atoms with Crippen molar-refractivity contribution in [1.82, 2.24) is 0 Å². The average molecular weight is 307 g/mol. The van der Waals surface area contributed by atoms with E-state index >= 15 is 0 Å². The van der Waals surface area contributed by atoms with Gasteiger partial charge in [0.1, 0.15) is 17.6 Å². The number of aryl methyl sites for hydroxylation is 1. The van der Waals surface area contributed by atoms with E-state index < -0.39 is 0 Å². The quantitative estimate of drug-likeness (QED) is 0.601. The lowest BCUT2D eigenvalue weighted by Gasteiger charge is -2.05. The SMILES string of the molecule is COc1ccc(C)cc1/C=C/C(=O)c1ccc(OCC#N)cc1. The minimum absolute atomic E-state index is 0.0135. The van der Waals surface area contributed by atoms with E-state index in [0.717, 1.165) is 16.9 Å². The highest BCUT2D eigenvalue weighted by Gasteiger charge is 2.04. The summed E-state index contributed by atoms with van der Waals surface area (Å²) in [4.78, 5) is 12.2. The second-order valence-corrected chi connectivity index (χ2v) is 4.91. The number of carbonyl (C=O) groups is 1. The van der Waals surface area contributed by atoms with Gasteiger partial charge in [-0.05, 0) is 55.5 Å². The Labute approximate surface area is 135 Å². The van der Waals surface area contributed by atoms with Crippen molar-refractivity contribution in [2.24, 2.45) is 0 Å². The van der Waals surface area contributed by atoms with Crippen molar-refractivity contribution in [2.45, 2.75) is 6.92 Å². The third kappa shape index (κ3) is 4.45. The second kappa shape index (κ2) is 7.81. The Hall–Kier alpha value is -3.06. The van der Waals surface area contributed by atoms with Crippen LogP contribution in [-0.2, 0) is 0 Å². The molecule has 0 radical (unpaired) electrons. The van der Waals surface area contributed by atoms with Crippen molar-refractivity contribution >= 4 is 11.9 Å². The number of benzene rings is 2. The van der Waals surface area contributed by atoms with Gasteiger partial charge in [0.15, 0.2) is 12.4 Å². The molecule has 0 N–H and O–H groups in total. The summed E-state index contributed by atoms with van der Waals surface area (Å²) in [5.74, 6) is 1.17. The lowest BCUT2D eigenvalue weighted by Crippen LogP contribution is -1.97. The first-order chi connectivity index (χ1) is 11.1. The first-order valence-electron chi connectivity index (χ1n) is 7.11. The molecule has 0 spiro atoms. The molecule has 0 bridgehead atoms. The molecule has 0 fully saturated rings. The summed E-state index contributed by atoms with van der Waals surface area (Å²) in [6.45, 7) is 1.97. The Balaban J connectivity index is 2.12. The molecule has 0 heterocycles. The molecule has 0 atom stereocenters. The molecule has 0 aliphatic heterocycles. The van der Waals surface area contributed by atoms with Crippen LogP contribution in [0.25, 0.3) is 6.08 Å². The average Bonchev–Trinajstić information content (AvgIpc) is 2.58. The fraction of sp³-hybridized carbons (Fsp3) is 0.158. The topological polar surface area (TPSA) is 59.3 Å². The highest BCUT2D eigenvalue weighted by Crippen LogP contribution is 2.21. The van der Waals surface area contributed by atoms with E-state index in [1.54, 1.807) is 37.5 Å². The molecule has 23 heavy (non-hydrogen) atoms. The van der Waals surface area contributed by atoms with Crippen LogP contribution in [0.4, 0.5) is 0 Å². The molecular weight excluding hydrogens is 290 g/mol. The Bertz CT molecular complexity index is 755. The van der Waals surface area contributed by atoms with E-state index in [-0.39, 0.29) is 12.4 Å². The number of carbonyl (C=O) groups excluding carboxylic acids is 1. The minimum Gasteiger partial charge on any atom is -0.496 e. The van der Waals surface area contributed by atoms with Crippen LogP contribution in [-0.4, -0.2) is 19.5 Å². The number of ketones is 1. The van der Waals surface area contributed by atoms with Crippen molar-refractivity contribution in [2.75, 3.05) is 13.7 Å². The number of hydrogen-bond donors (Lipinski definition) is 0. The van der Waals surface area contributed by atoms with Gasteiger partial charge in [0.05, 0.1) is 7.11 Å². The lowest BCUT2D eigenvalue weighted by molar-refractivity contribution is 0.104. The van der Waals surface area contributed by atoms with Gasteiger partial charge < -0.3 is 9.47 Å². The largest absolute Gasteiger partial charge is 0.496 e. The third-order valence-corrected chi connectivity index (χ3v) is 3.24. The fourth-order valence-electron chi connectivity index (χ4n) is 2.08. The number of ether oxygens (including phenoxy) is 2. The van der Waals surface area contributed by atoms with Crippen LogP contribution in [0.3, 0.4) is 0 Å². The maximum absolute atomic E-state index is 12.2. The number of rotatable bonds is 6. The summed E-state index contributed by atoms with van der Waals surface area (Å²) < 4.78 is 10.4. The molecule has 4 heteroatoms. The molecule has 2 aromatic rings. The summed E-state index contributed by atoms with van der Waals surface area (Å²) in [5, 5.41) is 8.46. The summed E-state index contributed by atoms with van der Waals surface area (Å²) >= 11 is 0. The highest BCUT2D eigenvalue weighted by molar-refractivity contribution is 6.07. The lowest BCUT2D eigenvalue weighted by atomic mass is 10.1. The van der Waals surface area contributed by atoms with Crippen LogP contribution in [0.2, 0.25) is 0 Å². The van der Waals surface area contributed by atoms with Crippen molar-refractivity contribution < 1.29 is 14.3 Å². The van der Waals surface area contributed by atoms with Gasteiger partial charge in [0, 0.05) is 11.1 Å². The van der Waals surface area contributed by atoms with E-state index in [4.69, 9.17) is 14.7 Å². The van der Waals surface area contributed by atoms with Crippen molar-refractivity contribution in [3.63, 3.8) is 0 Å². The van der Waals surface area contributed by atoms with Crippen molar-refractivity contribution in [3.05, 3.63) is 65.2 Å².